The second kappa shape index (κ2) is 5.55. The first-order chi connectivity index (χ1) is 11.3. The molecular formula is C17H15N3O2S. The lowest BCUT2D eigenvalue weighted by Gasteiger charge is -2.22. The van der Waals surface area contributed by atoms with Crippen LogP contribution in [0.5, 0.6) is 5.75 Å². The van der Waals surface area contributed by atoms with Crippen molar-refractivity contribution in [1.82, 2.24) is 9.55 Å². The summed E-state index contributed by atoms with van der Waals surface area (Å²) in [5.41, 5.74) is 1.82. The van der Waals surface area contributed by atoms with Gasteiger partial charge in [-0.05, 0) is 23.6 Å². The van der Waals surface area contributed by atoms with Gasteiger partial charge in [-0.2, -0.15) is 0 Å². The van der Waals surface area contributed by atoms with Crippen molar-refractivity contribution in [2.75, 3.05) is 12.4 Å². The van der Waals surface area contributed by atoms with E-state index < -0.39 is 0 Å². The molecule has 0 unspecified atom stereocenters. The molecule has 0 aliphatic carbocycles. The average Bonchev–Trinajstić information content (AvgIpc) is 3.23. The summed E-state index contributed by atoms with van der Waals surface area (Å²) in [6, 6.07) is 11.8. The topological polar surface area (TPSA) is 56.1 Å². The van der Waals surface area contributed by atoms with Crippen LogP contribution in [0.15, 0.2) is 48.1 Å². The highest BCUT2D eigenvalue weighted by atomic mass is 32.1. The van der Waals surface area contributed by atoms with Crippen molar-refractivity contribution >= 4 is 23.1 Å². The molecule has 3 heterocycles. The molecule has 23 heavy (non-hydrogen) atoms. The number of carbonyl (C=O) groups is 1. The Hall–Kier alpha value is -2.60. The third-order valence-corrected chi connectivity index (χ3v) is 4.98. The van der Waals surface area contributed by atoms with Gasteiger partial charge >= 0.3 is 0 Å². The highest BCUT2D eigenvalue weighted by Gasteiger charge is 2.31. The molecule has 0 spiro atoms. The molecule has 1 amide bonds. The second-order valence-electron chi connectivity index (χ2n) is 5.37. The molecule has 0 radical (unpaired) electrons. The molecule has 116 valence electrons. The van der Waals surface area contributed by atoms with Crippen molar-refractivity contribution in [3.05, 3.63) is 58.7 Å². The Labute approximate surface area is 137 Å². The van der Waals surface area contributed by atoms with Gasteiger partial charge in [0, 0.05) is 23.3 Å². The van der Waals surface area contributed by atoms with E-state index in [4.69, 9.17) is 4.74 Å². The zero-order chi connectivity index (χ0) is 15.8. The predicted molar refractivity (Wildman–Crippen MR) is 89.5 cm³/mol. The first kappa shape index (κ1) is 14.0. The van der Waals surface area contributed by atoms with Crippen molar-refractivity contribution in [2.24, 2.45) is 0 Å². The van der Waals surface area contributed by atoms with Gasteiger partial charge < -0.3 is 10.1 Å². The monoisotopic (exact) mass is 325 g/mol. The Kier molecular flexibility index (Phi) is 3.38. The van der Waals surface area contributed by atoms with Crippen molar-refractivity contribution in [3.63, 3.8) is 0 Å². The fourth-order valence-corrected chi connectivity index (χ4v) is 3.72. The maximum atomic E-state index is 12.2. The van der Waals surface area contributed by atoms with E-state index in [1.165, 1.54) is 0 Å². The van der Waals surface area contributed by atoms with Crippen LogP contribution in [0.4, 0.5) is 5.82 Å². The van der Waals surface area contributed by atoms with E-state index in [2.05, 4.69) is 16.4 Å². The van der Waals surface area contributed by atoms with E-state index in [1.807, 2.05) is 40.3 Å². The Balaban J connectivity index is 1.82. The number of imidazole rings is 1. The summed E-state index contributed by atoms with van der Waals surface area (Å²) in [4.78, 5) is 17.9. The van der Waals surface area contributed by atoms with Gasteiger partial charge in [-0.3, -0.25) is 9.36 Å². The third kappa shape index (κ3) is 2.41. The molecule has 1 aliphatic heterocycles. The minimum absolute atomic E-state index is 0.0144. The van der Waals surface area contributed by atoms with Crippen LogP contribution in [0.3, 0.4) is 0 Å². The molecule has 2 aromatic heterocycles. The Morgan fingerprint density at radius 1 is 1.35 bits per heavy atom. The van der Waals surface area contributed by atoms with Crippen LogP contribution in [-0.2, 0) is 4.79 Å². The maximum Gasteiger partial charge on any atom is 0.226 e. The number of nitrogens with one attached hydrogen (secondary N) is 1. The summed E-state index contributed by atoms with van der Waals surface area (Å²) < 4.78 is 7.18. The van der Waals surface area contributed by atoms with E-state index in [0.29, 0.717) is 6.42 Å². The number of fused-ring (bicyclic) bond motifs is 1. The number of thiophene rings is 1. The van der Waals surface area contributed by atoms with E-state index >= 15 is 0 Å². The minimum atomic E-state index is 0.0144. The zero-order valence-corrected chi connectivity index (χ0v) is 13.3. The van der Waals surface area contributed by atoms with Gasteiger partial charge in [0.1, 0.15) is 17.9 Å². The van der Waals surface area contributed by atoms with Crippen molar-refractivity contribution in [2.45, 2.75) is 12.3 Å². The SMILES string of the molecule is COc1cccc(-n2cnc3c2NC(=O)C[C@@H]3c2cccs2)c1. The molecule has 1 N–H and O–H groups in total. The van der Waals surface area contributed by atoms with Crippen molar-refractivity contribution in [1.29, 1.82) is 0 Å². The van der Waals surface area contributed by atoms with Crippen LogP contribution in [0.1, 0.15) is 22.9 Å². The van der Waals surface area contributed by atoms with Gasteiger partial charge in [-0.1, -0.05) is 12.1 Å². The van der Waals surface area contributed by atoms with Crippen LogP contribution in [0, 0.1) is 0 Å². The zero-order valence-electron chi connectivity index (χ0n) is 12.5. The molecule has 3 aromatic rings. The number of benzene rings is 1. The number of amides is 1. The molecule has 0 saturated carbocycles. The lowest BCUT2D eigenvalue weighted by atomic mass is 9.96. The van der Waals surface area contributed by atoms with E-state index in [-0.39, 0.29) is 11.8 Å². The normalized spacial score (nSPS) is 16.7. The number of ether oxygens (including phenoxy) is 1. The molecule has 1 atom stereocenters. The fraction of sp³-hybridized carbons (Fsp3) is 0.176. The highest BCUT2D eigenvalue weighted by Crippen LogP contribution is 2.39. The number of nitrogens with zero attached hydrogens (tertiary/aromatic N) is 2. The number of hydrogen-bond acceptors (Lipinski definition) is 4. The molecule has 0 fully saturated rings. The van der Waals surface area contributed by atoms with Crippen LogP contribution >= 0.6 is 11.3 Å². The Morgan fingerprint density at radius 2 is 2.26 bits per heavy atom. The number of rotatable bonds is 3. The molecule has 6 heteroatoms. The molecule has 4 rings (SSSR count). The number of carbonyl (C=O) groups excluding carboxylic acids is 1. The van der Waals surface area contributed by atoms with Crippen LogP contribution in [0.2, 0.25) is 0 Å². The molecule has 1 aromatic carbocycles. The van der Waals surface area contributed by atoms with Gasteiger partial charge in [-0.25, -0.2) is 4.98 Å². The number of hydrogen-bond donors (Lipinski definition) is 1. The third-order valence-electron chi connectivity index (χ3n) is 3.99. The van der Waals surface area contributed by atoms with Gasteiger partial charge in [0.15, 0.2) is 0 Å². The van der Waals surface area contributed by atoms with Gasteiger partial charge in [-0.15, -0.1) is 11.3 Å². The summed E-state index contributed by atoms with van der Waals surface area (Å²) in [5.74, 6) is 1.54. The van der Waals surface area contributed by atoms with E-state index in [0.717, 1.165) is 27.8 Å². The smallest absolute Gasteiger partial charge is 0.226 e. The predicted octanol–water partition coefficient (Wildman–Crippen LogP) is 3.42. The second-order valence-corrected chi connectivity index (χ2v) is 6.35. The number of aromatic nitrogens is 2. The summed E-state index contributed by atoms with van der Waals surface area (Å²) in [5, 5.41) is 4.99. The van der Waals surface area contributed by atoms with Gasteiger partial charge in [0.05, 0.1) is 18.5 Å². The highest BCUT2D eigenvalue weighted by molar-refractivity contribution is 7.10. The maximum absolute atomic E-state index is 12.2. The van der Waals surface area contributed by atoms with E-state index in [1.54, 1.807) is 24.8 Å². The largest absolute Gasteiger partial charge is 0.497 e. The lowest BCUT2D eigenvalue weighted by molar-refractivity contribution is -0.116. The van der Waals surface area contributed by atoms with Gasteiger partial charge in [0.25, 0.3) is 0 Å². The summed E-state index contributed by atoms with van der Waals surface area (Å²) in [6.07, 6.45) is 2.19. The first-order valence-electron chi connectivity index (χ1n) is 7.31. The first-order valence-corrected chi connectivity index (χ1v) is 8.19. The fourth-order valence-electron chi connectivity index (χ4n) is 2.89. The summed E-state index contributed by atoms with van der Waals surface area (Å²) >= 11 is 1.66. The number of anilines is 1. The van der Waals surface area contributed by atoms with Gasteiger partial charge in [0.2, 0.25) is 5.91 Å². The molecule has 1 aliphatic rings. The van der Waals surface area contributed by atoms with Crippen LogP contribution in [0.25, 0.3) is 5.69 Å². The molecular weight excluding hydrogens is 310 g/mol. The van der Waals surface area contributed by atoms with Crippen LogP contribution < -0.4 is 10.1 Å². The standard InChI is InChI=1S/C17H15N3O2S/c1-22-12-5-2-4-11(8-12)20-10-18-16-13(14-6-3-7-23-14)9-15(21)19-17(16)20/h2-8,10,13H,9H2,1H3,(H,19,21)/t13-/m1/s1. The van der Waals surface area contributed by atoms with Crippen molar-refractivity contribution < 1.29 is 9.53 Å². The van der Waals surface area contributed by atoms with Crippen LogP contribution in [-0.4, -0.2) is 22.6 Å². The summed E-state index contributed by atoms with van der Waals surface area (Å²) in [7, 11) is 1.64. The molecule has 0 bridgehead atoms. The minimum Gasteiger partial charge on any atom is -0.497 e. The summed E-state index contributed by atoms with van der Waals surface area (Å²) in [6.45, 7) is 0. The molecule has 0 saturated heterocycles. The Morgan fingerprint density at radius 3 is 3.04 bits per heavy atom. The number of methoxy groups -OCH3 is 1. The Bertz CT molecular complexity index is 855. The van der Waals surface area contributed by atoms with E-state index in [9.17, 15) is 4.79 Å². The van der Waals surface area contributed by atoms with Crippen molar-refractivity contribution in [3.8, 4) is 11.4 Å². The molecule has 5 nitrogen and oxygen atoms in total. The average molecular weight is 325 g/mol. The quantitative estimate of drug-likeness (QED) is 0.803. The lowest BCUT2D eigenvalue weighted by Crippen LogP contribution is -2.24.